The van der Waals surface area contributed by atoms with Crippen molar-refractivity contribution in [3.63, 3.8) is 0 Å². The molecule has 0 radical (unpaired) electrons. The van der Waals surface area contributed by atoms with Crippen LogP contribution in [0, 0.1) is 0 Å². The van der Waals surface area contributed by atoms with Gasteiger partial charge in [0.05, 0.1) is 22.1 Å². The summed E-state index contributed by atoms with van der Waals surface area (Å²) in [4.78, 5) is 5.19. The Bertz CT molecular complexity index is 3020. The second kappa shape index (κ2) is 13.4. The Morgan fingerprint density at radius 1 is 0.482 bits per heavy atom. The summed E-state index contributed by atoms with van der Waals surface area (Å²) >= 11 is 0. The predicted octanol–water partition coefficient (Wildman–Crippen LogP) is 11.8. The van der Waals surface area contributed by atoms with Crippen LogP contribution in [0.25, 0.3) is 66.1 Å². The summed E-state index contributed by atoms with van der Waals surface area (Å²) in [6, 6.07) is 61.3. The molecule has 9 aromatic rings. The zero-order chi connectivity index (χ0) is 37.0. The third-order valence-electron chi connectivity index (χ3n) is 11.4. The predicted molar refractivity (Wildman–Crippen MR) is 233 cm³/mol. The van der Waals surface area contributed by atoms with Crippen molar-refractivity contribution in [2.24, 2.45) is 4.99 Å². The molecular weight excluding hydrogens is 683 g/mol. The van der Waals surface area contributed by atoms with E-state index in [4.69, 9.17) is 4.99 Å². The highest BCUT2D eigenvalue weighted by atomic mass is 15.3. The van der Waals surface area contributed by atoms with Gasteiger partial charge in [0.1, 0.15) is 18.2 Å². The minimum absolute atomic E-state index is 0.0290. The number of fused-ring (bicyclic) bond motifs is 6. The van der Waals surface area contributed by atoms with Crippen LogP contribution in [0.15, 0.2) is 199 Å². The number of hydrogen-bond donors (Lipinski definition) is 2. The average Bonchev–Trinajstić information content (AvgIpc) is 3.79. The molecule has 0 fully saturated rings. The second-order valence-electron chi connectivity index (χ2n) is 14.8. The molecular formula is C51H39N5. The average molecular weight is 722 g/mol. The van der Waals surface area contributed by atoms with E-state index in [-0.39, 0.29) is 12.3 Å². The molecule has 0 saturated heterocycles. The molecule has 1 aliphatic heterocycles. The zero-order valence-electron chi connectivity index (χ0n) is 30.8. The van der Waals surface area contributed by atoms with E-state index >= 15 is 0 Å². The molecule has 2 aromatic heterocycles. The van der Waals surface area contributed by atoms with Crippen LogP contribution in [-0.4, -0.2) is 21.1 Å². The molecule has 5 nitrogen and oxygen atoms in total. The fourth-order valence-corrected chi connectivity index (χ4v) is 8.74. The molecule has 7 aromatic carbocycles. The van der Waals surface area contributed by atoms with Gasteiger partial charge in [0.15, 0.2) is 0 Å². The van der Waals surface area contributed by atoms with Gasteiger partial charge in [-0.2, -0.15) is 0 Å². The van der Waals surface area contributed by atoms with Gasteiger partial charge in [0, 0.05) is 38.5 Å². The van der Waals surface area contributed by atoms with E-state index in [1.807, 2.05) is 6.07 Å². The normalized spacial score (nSPS) is 17.0. The summed E-state index contributed by atoms with van der Waals surface area (Å²) in [5, 5.41) is 12.4. The summed E-state index contributed by atoms with van der Waals surface area (Å²) in [6.07, 6.45) is 8.74. The lowest BCUT2D eigenvalue weighted by Gasteiger charge is -2.33. The monoisotopic (exact) mass is 721 g/mol. The van der Waals surface area contributed by atoms with Crippen LogP contribution >= 0.6 is 0 Å². The van der Waals surface area contributed by atoms with Crippen molar-refractivity contribution in [2.75, 3.05) is 0 Å². The lowest BCUT2D eigenvalue weighted by atomic mass is 10.0. The second-order valence-corrected chi connectivity index (χ2v) is 14.8. The Morgan fingerprint density at radius 2 is 1.04 bits per heavy atom. The SMILES string of the molecule is C1=CC(C2NC(c3ccccc3)=NC(c3ccc(-n4c5ccccc5c5cc(-c6ccc7c(c6)c6ccccc6n7-c6ccccc6)ccc54)cc3)N2)=CCC1. The van der Waals surface area contributed by atoms with Crippen LogP contribution in [0.5, 0.6) is 0 Å². The van der Waals surface area contributed by atoms with Gasteiger partial charge in [-0.05, 0) is 95.8 Å². The lowest BCUT2D eigenvalue weighted by Crippen LogP contribution is -2.52. The quantitative estimate of drug-likeness (QED) is 0.180. The van der Waals surface area contributed by atoms with Gasteiger partial charge < -0.3 is 14.5 Å². The van der Waals surface area contributed by atoms with Gasteiger partial charge in [-0.15, -0.1) is 0 Å². The molecule has 56 heavy (non-hydrogen) atoms. The van der Waals surface area contributed by atoms with Crippen molar-refractivity contribution in [3.8, 4) is 22.5 Å². The highest BCUT2D eigenvalue weighted by Gasteiger charge is 2.26. The van der Waals surface area contributed by atoms with E-state index in [1.54, 1.807) is 0 Å². The summed E-state index contributed by atoms with van der Waals surface area (Å²) in [5.41, 5.74) is 13.0. The number of hydrogen-bond acceptors (Lipinski definition) is 3. The summed E-state index contributed by atoms with van der Waals surface area (Å²) < 4.78 is 4.76. The first kappa shape index (κ1) is 32.5. The summed E-state index contributed by atoms with van der Waals surface area (Å²) in [6.45, 7) is 0. The maximum Gasteiger partial charge on any atom is 0.131 e. The first-order valence-corrected chi connectivity index (χ1v) is 19.5. The van der Waals surface area contributed by atoms with E-state index in [9.17, 15) is 0 Å². The number of amidine groups is 1. The number of rotatable bonds is 6. The van der Waals surface area contributed by atoms with Crippen LogP contribution in [0.1, 0.15) is 30.1 Å². The first-order chi connectivity index (χ1) is 27.8. The molecule has 11 rings (SSSR count). The molecule has 0 saturated carbocycles. The van der Waals surface area contributed by atoms with Crippen LogP contribution in [0.4, 0.5) is 0 Å². The number of aromatic nitrogens is 2. The van der Waals surface area contributed by atoms with Gasteiger partial charge >= 0.3 is 0 Å². The molecule has 268 valence electrons. The van der Waals surface area contributed by atoms with Crippen molar-refractivity contribution in [2.45, 2.75) is 25.2 Å². The summed E-state index contributed by atoms with van der Waals surface area (Å²) in [5.74, 6) is 0.905. The van der Waals surface area contributed by atoms with Gasteiger partial charge in [0.2, 0.25) is 0 Å². The Balaban J connectivity index is 0.977. The standard InChI is InChI=1S/C51H39N5/c1-4-14-34(15-5-1)49-52-50(35-16-6-2-7-17-35)54-51(53-49)36-24-28-40(29-25-36)56-46-23-13-11-21-42(46)44-33-38(27-31-48(44)56)37-26-30-47-43(32-37)41-20-10-12-22-45(41)55(47)39-18-8-3-9-19-39/h1,3-6,8-33,50-51,54H,2,7H2,(H,52,53). The van der Waals surface area contributed by atoms with Gasteiger partial charge in [0.25, 0.3) is 0 Å². The van der Waals surface area contributed by atoms with Crippen LogP contribution in [0.2, 0.25) is 0 Å². The number of para-hydroxylation sites is 3. The van der Waals surface area contributed by atoms with Crippen LogP contribution in [-0.2, 0) is 0 Å². The van der Waals surface area contributed by atoms with E-state index in [0.29, 0.717) is 0 Å². The number of nitrogens with zero attached hydrogens (tertiary/aromatic N) is 3. The van der Waals surface area contributed by atoms with Crippen LogP contribution in [0.3, 0.4) is 0 Å². The fourth-order valence-electron chi connectivity index (χ4n) is 8.74. The van der Waals surface area contributed by atoms with E-state index in [2.05, 4.69) is 202 Å². The highest BCUT2D eigenvalue weighted by molar-refractivity contribution is 6.12. The van der Waals surface area contributed by atoms with E-state index < -0.39 is 0 Å². The molecule has 1 aliphatic carbocycles. The molecule has 2 N–H and O–H groups in total. The van der Waals surface area contributed by atoms with Crippen LogP contribution < -0.4 is 10.6 Å². The maximum atomic E-state index is 5.19. The molecule has 0 spiro atoms. The topological polar surface area (TPSA) is 46.3 Å². The van der Waals surface area contributed by atoms with E-state index in [1.165, 1.54) is 66.0 Å². The smallest absolute Gasteiger partial charge is 0.131 e. The van der Waals surface area contributed by atoms with Crippen molar-refractivity contribution in [1.82, 2.24) is 19.8 Å². The number of aliphatic imine (C=N–C) groups is 1. The van der Waals surface area contributed by atoms with Gasteiger partial charge in [-0.1, -0.05) is 127 Å². The lowest BCUT2D eigenvalue weighted by molar-refractivity contribution is 0.440. The highest BCUT2D eigenvalue weighted by Crippen LogP contribution is 2.38. The molecule has 2 unspecified atom stereocenters. The summed E-state index contributed by atoms with van der Waals surface area (Å²) in [7, 11) is 0. The first-order valence-electron chi connectivity index (χ1n) is 19.5. The Morgan fingerprint density at radius 3 is 1.64 bits per heavy atom. The molecule has 2 aliphatic rings. The van der Waals surface area contributed by atoms with Crippen molar-refractivity contribution >= 4 is 49.4 Å². The van der Waals surface area contributed by atoms with E-state index in [0.717, 1.165) is 35.5 Å². The molecule has 5 heteroatoms. The number of allylic oxidation sites excluding steroid dienone is 2. The number of benzene rings is 7. The molecule has 2 atom stereocenters. The zero-order valence-corrected chi connectivity index (χ0v) is 30.8. The van der Waals surface area contributed by atoms with Crippen molar-refractivity contribution in [3.05, 3.63) is 205 Å². The molecule has 0 amide bonds. The third-order valence-corrected chi connectivity index (χ3v) is 11.4. The molecule has 0 bridgehead atoms. The van der Waals surface area contributed by atoms with Crippen molar-refractivity contribution in [1.29, 1.82) is 0 Å². The Kier molecular flexibility index (Phi) is 7.78. The Labute approximate surface area is 325 Å². The molecule has 3 heterocycles. The minimum atomic E-state index is -0.193. The Hall–Kier alpha value is -6.95. The minimum Gasteiger partial charge on any atom is -0.350 e. The van der Waals surface area contributed by atoms with Gasteiger partial charge in [-0.3, -0.25) is 5.32 Å². The largest absolute Gasteiger partial charge is 0.350 e. The fraction of sp³-hybridized carbons (Fsp3) is 0.0784. The van der Waals surface area contributed by atoms with Crippen molar-refractivity contribution < 1.29 is 0 Å². The van der Waals surface area contributed by atoms with Gasteiger partial charge in [-0.25, -0.2) is 4.99 Å². The number of nitrogens with one attached hydrogen (secondary N) is 2. The third kappa shape index (κ3) is 5.47. The maximum absolute atomic E-state index is 5.19.